The van der Waals surface area contributed by atoms with Gasteiger partial charge in [-0.2, -0.15) is 0 Å². The SMILES string of the molecule is COc1ccc(CNc2ccncc2C(=O)O)cc1. The lowest BCUT2D eigenvalue weighted by Crippen LogP contribution is -2.06. The fourth-order valence-corrected chi connectivity index (χ4v) is 1.66. The predicted octanol–water partition coefficient (Wildman–Crippen LogP) is 2.40. The molecule has 0 saturated carbocycles. The second-order valence-electron chi connectivity index (χ2n) is 3.93. The molecule has 5 nitrogen and oxygen atoms in total. The van der Waals surface area contributed by atoms with Gasteiger partial charge in [-0.05, 0) is 23.8 Å². The number of pyridine rings is 1. The lowest BCUT2D eigenvalue weighted by Gasteiger charge is -2.09. The van der Waals surface area contributed by atoms with Crippen LogP contribution in [0.4, 0.5) is 5.69 Å². The van der Waals surface area contributed by atoms with Crippen LogP contribution in [0, 0.1) is 0 Å². The van der Waals surface area contributed by atoms with Gasteiger partial charge >= 0.3 is 5.97 Å². The number of methoxy groups -OCH3 is 1. The number of nitrogens with zero attached hydrogens (tertiary/aromatic N) is 1. The van der Waals surface area contributed by atoms with E-state index in [1.807, 2.05) is 24.3 Å². The summed E-state index contributed by atoms with van der Waals surface area (Å²) >= 11 is 0. The van der Waals surface area contributed by atoms with Crippen molar-refractivity contribution in [1.82, 2.24) is 4.98 Å². The van der Waals surface area contributed by atoms with Crippen molar-refractivity contribution in [2.75, 3.05) is 12.4 Å². The molecule has 0 radical (unpaired) electrons. The minimum atomic E-state index is -0.995. The predicted molar refractivity (Wildman–Crippen MR) is 71.5 cm³/mol. The molecule has 0 spiro atoms. The molecule has 19 heavy (non-hydrogen) atoms. The van der Waals surface area contributed by atoms with Gasteiger partial charge in [-0.1, -0.05) is 12.1 Å². The number of hydrogen-bond donors (Lipinski definition) is 2. The molecule has 2 aromatic rings. The highest BCUT2D eigenvalue weighted by atomic mass is 16.5. The largest absolute Gasteiger partial charge is 0.497 e. The highest BCUT2D eigenvalue weighted by Gasteiger charge is 2.09. The van der Waals surface area contributed by atoms with E-state index in [-0.39, 0.29) is 5.56 Å². The van der Waals surface area contributed by atoms with Gasteiger partial charge in [0.25, 0.3) is 0 Å². The van der Waals surface area contributed by atoms with Gasteiger partial charge in [-0.3, -0.25) is 4.98 Å². The highest BCUT2D eigenvalue weighted by molar-refractivity contribution is 5.93. The number of anilines is 1. The second kappa shape index (κ2) is 5.86. The molecule has 0 fully saturated rings. The van der Waals surface area contributed by atoms with Crippen LogP contribution in [-0.2, 0) is 6.54 Å². The Morgan fingerprint density at radius 1 is 1.32 bits per heavy atom. The molecule has 98 valence electrons. The van der Waals surface area contributed by atoms with Crippen molar-refractivity contribution in [1.29, 1.82) is 0 Å². The number of carbonyl (C=O) groups is 1. The fraction of sp³-hybridized carbons (Fsp3) is 0.143. The van der Waals surface area contributed by atoms with Gasteiger partial charge in [-0.25, -0.2) is 4.79 Å². The minimum Gasteiger partial charge on any atom is -0.497 e. The first-order chi connectivity index (χ1) is 9.20. The highest BCUT2D eigenvalue weighted by Crippen LogP contribution is 2.16. The number of aromatic nitrogens is 1. The summed E-state index contributed by atoms with van der Waals surface area (Å²) in [5, 5.41) is 12.1. The summed E-state index contributed by atoms with van der Waals surface area (Å²) in [5.41, 5.74) is 1.75. The molecule has 0 amide bonds. The van der Waals surface area contributed by atoms with E-state index in [1.165, 1.54) is 6.20 Å². The van der Waals surface area contributed by atoms with E-state index in [1.54, 1.807) is 19.4 Å². The van der Waals surface area contributed by atoms with E-state index in [4.69, 9.17) is 9.84 Å². The van der Waals surface area contributed by atoms with Crippen LogP contribution in [0.2, 0.25) is 0 Å². The van der Waals surface area contributed by atoms with Gasteiger partial charge in [0.15, 0.2) is 0 Å². The smallest absolute Gasteiger partial charge is 0.339 e. The van der Waals surface area contributed by atoms with E-state index in [0.717, 1.165) is 11.3 Å². The molecule has 1 aromatic carbocycles. The molecule has 5 heteroatoms. The minimum absolute atomic E-state index is 0.163. The van der Waals surface area contributed by atoms with Crippen LogP contribution in [0.3, 0.4) is 0 Å². The van der Waals surface area contributed by atoms with Gasteiger partial charge in [0.1, 0.15) is 11.3 Å². The third kappa shape index (κ3) is 3.22. The molecule has 0 aliphatic heterocycles. The molecular weight excluding hydrogens is 244 g/mol. The van der Waals surface area contributed by atoms with E-state index < -0.39 is 5.97 Å². The maximum atomic E-state index is 11.0. The summed E-state index contributed by atoms with van der Waals surface area (Å²) in [4.78, 5) is 14.8. The average Bonchev–Trinajstić information content (AvgIpc) is 2.46. The van der Waals surface area contributed by atoms with Crippen molar-refractivity contribution < 1.29 is 14.6 Å². The van der Waals surface area contributed by atoms with Crippen LogP contribution in [-0.4, -0.2) is 23.2 Å². The Hall–Kier alpha value is -2.56. The number of ether oxygens (including phenoxy) is 1. The Kier molecular flexibility index (Phi) is 3.97. The third-order valence-corrected chi connectivity index (χ3v) is 2.69. The lowest BCUT2D eigenvalue weighted by molar-refractivity contribution is 0.0697. The van der Waals surface area contributed by atoms with Gasteiger partial charge in [-0.15, -0.1) is 0 Å². The number of carboxylic acid groups (broad SMARTS) is 1. The third-order valence-electron chi connectivity index (χ3n) is 2.69. The molecular formula is C14H14N2O3. The topological polar surface area (TPSA) is 71.5 Å². The summed E-state index contributed by atoms with van der Waals surface area (Å²) in [6.45, 7) is 0.536. The Balaban J connectivity index is 2.07. The zero-order chi connectivity index (χ0) is 13.7. The van der Waals surface area contributed by atoms with Crippen LogP contribution in [0.5, 0.6) is 5.75 Å². The van der Waals surface area contributed by atoms with Crippen molar-refractivity contribution >= 4 is 11.7 Å². The maximum Gasteiger partial charge on any atom is 0.339 e. The first-order valence-electron chi connectivity index (χ1n) is 5.75. The van der Waals surface area contributed by atoms with Crippen molar-refractivity contribution in [3.63, 3.8) is 0 Å². The normalized spacial score (nSPS) is 9.95. The van der Waals surface area contributed by atoms with Crippen LogP contribution in [0.1, 0.15) is 15.9 Å². The molecule has 2 rings (SSSR count). The molecule has 0 unspecified atom stereocenters. The summed E-state index contributed by atoms with van der Waals surface area (Å²) < 4.78 is 5.08. The Morgan fingerprint density at radius 3 is 2.68 bits per heavy atom. The van der Waals surface area contributed by atoms with Gasteiger partial charge in [0, 0.05) is 18.9 Å². The number of rotatable bonds is 5. The van der Waals surface area contributed by atoms with E-state index in [0.29, 0.717) is 12.2 Å². The molecule has 0 saturated heterocycles. The number of hydrogen-bond acceptors (Lipinski definition) is 4. The molecule has 0 aliphatic carbocycles. The summed E-state index contributed by atoms with van der Waals surface area (Å²) in [6, 6.07) is 9.22. The maximum absolute atomic E-state index is 11.0. The molecule has 1 aromatic heterocycles. The van der Waals surface area contributed by atoms with E-state index in [2.05, 4.69) is 10.3 Å². The van der Waals surface area contributed by atoms with Crippen LogP contribution < -0.4 is 10.1 Å². The van der Waals surface area contributed by atoms with Gasteiger partial charge in [0.2, 0.25) is 0 Å². The fourth-order valence-electron chi connectivity index (χ4n) is 1.66. The van der Waals surface area contributed by atoms with E-state index >= 15 is 0 Å². The summed E-state index contributed by atoms with van der Waals surface area (Å²) in [5.74, 6) is -0.204. The van der Waals surface area contributed by atoms with Crippen molar-refractivity contribution in [3.8, 4) is 5.75 Å². The van der Waals surface area contributed by atoms with Crippen LogP contribution in [0.15, 0.2) is 42.7 Å². The first kappa shape index (κ1) is 12.9. The first-order valence-corrected chi connectivity index (χ1v) is 5.75. The standard InChI is InChI=1S/C14H14N2O3/c1-19-11-4-2-10(3-5-11)8-16-13-6-7-15-9-12(13)14(17)18/h2-7,9H,8H2,1H3,(H,15,16)(H,17,18). The Bertz CT molecular complexity index is 567. The van der Waals surface area contributed by atoms with Crippen LogP contribution in [0.25, 0.3) is 0 Å². The zero-order valence-electron chi connectivity index (χ0n) is 10.5. The van der Waals surface area contributed by atoms with Crippen molar-refractivity contribution in [3.05, 3.63) is 53.9 Å². The summed E-state index contributed by atoms with van der Waals surface area (Å²) in [7, 11) is 1.61. The van der Waals surface area contributed by atoms with E-state index in [9.17, 15) is 4.79 Å². The molecule has 2 N–H and O–H groups in total. The number of benzene rings is 1. The molecule has 0 aliphatic rings. The van der Waals surface area contributed by atoms with Crippen LogP contribution >= 0.6 is 0 Å². The summed E-state index contributed by atoms with van der Waals surface area (Å²) in [6.07, 6.45) is 2.89. The monoisotopic (exact) mass is 258 g/mol. The Morgan fingerprint density at radius 2 is 2.05 bits per heavy atom. The zero-order valence-corrected chi connectivity index (χ0v) is 10.5. The van der Waals surface area contributed by atoms with Gasteiger partial charge < -0.3 is 15.2 Å². The number of aromatic carboxylic acids is 1. The molecule has 1 heterocycles. The number of nitrogens with one attached hydrogen (secondary N) is 1. The van der Waals surface area contributed by atoms with Crippen molar-refractivity contribution in [2.24, 2.45) is 0 Å². The second-order valence-corrected chi connectivity index (χ2v) is 3.93. The quantitative estimate of drug-likeness (QED) is 0.861. The molecule has 0 bridgehead atoms. The Labute approximate surface area is 110 Å². The van der Waals surface area contributed by atoms with Crippen molar-refractivity contribution in [2.45, 2.75) is 6.54 Å². The molecule has 0 atom stereocenters. The number of carboxylic acids is 1. The average molecular weight is 258 g/mol. The lowest BCUT2D eigenvalue weighted by atomic mass is 10.2. The van der Waals surface area contributed by atoms with Gasteiger partial charge in [0.05, 0.1) is 12.8 Å².